The molecule has 17 heavy (non-hydrogen) atoms. The van der Waals surface area contributed by atoms with Gasteiger partial charge in [-0.15, -0.1) is 0 Å². The molecular weight excluding hydrogens is 214 g/mol. The lowest BCUT2D eigenvalue weighted by Crippen LogP contribution is -2.01. The van der Waals surface area contributed by atoms with E-state index in [1.165, 1.54) is 0 Å². The zero-order valence-corrected chi connectivity index (χ0v) is 9.97. The van der Waals surface area contributed by atoms with Crippen LogP contribution in [-0.2, 0) is 6.42 Å². The quantitative estimate of drug-likeness (QED) is 0.877. The lowest BCUT2D eigenvalue weighted by atomic mass is 10.1. The topological polar surface area (TPSA) is 61.0 Å². The van der Waals surface area contributed by atoms with Gasteiger partial charge >= 0.3 is 0 Å². The predicted octanol–water partition coefficient (Wildman–Crippen LogP) is 2.30. The average Bonchev–Trinajstić information content (AvgIpc) is 2.39. The van der Waals surface area contributed by atoms with Gasteiger partial charge < -0.3 is 10.5 Å². The van der Waals surface area contributed by atoms with Crippen LogP contribution in [-0.4, -0.2) is 17.1 Å². The van der Waals surface area contributed by atoms with Gasteiger partial charge in [-0.3, -0.25) is 0 Å². The fraction of sp³-hybridized carbons (Fsp3) is 0.231. The van der Waals surface area contributed by atoms with Gasteiger partial charge in [-0.2, -0.15) is 0 Å². The number of methoxy groups -OCH3 is 1. The maximum Gasteiger partial charge on any atom is 0.118 e. The summed E-state index contributed by atoms with van der Waals surface area (Å²) in [6.45, 7) is 2.02. The van der Waals surface area contributed by atoms with Gasteiger partial charge in [-0.05, 0) is 30.7 Å². The zero-order chi connectivity index (χ0) is 12.3. The molecule has 0 aliphatic rings. The minimum atomic E-state index is 0.653. The highest BCUT2D eigenvalue weighted by atomic mass is 16.5. The summed E-state index contributed by atoms with van der Waals surface area (Å²) in [5.41, 5.74) is 9.32. The third kappa shape index (κ3) is 2.20. The van der Waals surface area contributed by atoms with E-state index in [4.69, 9.17) is 10.5 Å². The van der Waals surface area contributed by atoms with Crippen LogP contribution in [0.2, 0.25) is 0 Å². The van der Waals surface area contributed by atoms with Crippen molar-refractivity contribution >= 4 is 5.69 Å². The first-order valence-corrected chi connectivity index (χ1v) is 5.50. The van der Waals surface area contributed by atoms with E-state index < -0.39 is 0 Å². The maximum absolute atomic E-state index is 6.04. The Morgan fingerprint density at radius 3 is 2.47 bits per heavy atom. The molecule has 0 bridgehead atoms. The van der Waals surface area contributed by atoms with E-state index in [0.29, 0.717) is 5.69 Å². The Balaban J connectivity index is 2.45. The van der Waals surface area contributed by atoms with Gasteiger partial charge in [0.2, 0.25) is 0 Å². The monoisotopic (exact) mass is 229 g/mol. The van der Waals surface area contributed by atoms with Crippen LogP contribution in [0, 0.1) is 0 Å². The minimum absolute atomic E-state index is 0.653. The van der Waals surface area contributed by atoms with Crippen molar-refractivity contribution in [2.75, 3.05) is 12.8 Å². The van der Waals surface area contributed by atoms with Gasteiger partial charge in [0.05, 0.1) is 24.2 Å². The Bertz CT molecular complexity index is 509. The highest BCUT2D eigenvalue weighted by Crippen LogP contribution is 2.26. The smallest absolute Gasteiger partial charge is 0.118 e. The van der Waals surface area contributed by atoms with Gasteiger partial charge in [0, 0.05) is 5.56 Å². The summed E-state index contributed by atoms with van der Waals surface area (Å²) in [6.07, 6.45) is 2.35. The zero-order valence-electron chi connectivity index (χ0n) is 9.97. The SMILES string of the molecule is CCc1ncnc(-c2ccc(OC)cc2)c1N. The van der Waals surface area contributed by atoms with Crippen molar-refractivity contribution in [3.8, 4) is 17.0 Å². The number of hydrogen-bond donors (Lipinski definition) is 1. The van der Waals surface area contributed by atoms with E-state index in [1.54, 1.807) is 13.4 Å². The van der Waals surface area contributed by atoms with Crippen LogP contribution in [0.5, 0.6) is 5.75 Å². The van der Waals surface area contributed by atoms with E-state index in [1.807, 2.05) is 31.2 Å². The Kier molecular flexibility index (Phi) is 3.23. The van der Waals surface area contributed by atoms with E-state index >= 15 is 0 Å². The number of aryl methyl sites for hydroxylation is 1. The van der Waals surface area contributed by atoms with Crippen molar-refractivity contribution in [1.82, 2.24) is 9.97 Å². The molecule has 0 fully saturated rings. The molecule has 88 valence electrons. The van der Waals surface area contributed by atoms with E-state index in [2.05, 4.69) is 9.97 Å². The number of anilines is 1. The third-order valence-electron chi connectivity index (χ3n) is 2.66. The molecule has 0 amide bonds. The summed E-state index contributed by atoms with van der Waals surface area (Å²) >= 11 is 0. The average molecular weight is 229 g/mol. The highest BCUT2D eigenvalue weighted by Gasteiger charge is 2.08. The summed E-state index contributed by atoms with van der Waals surface area (Å²) in [4.78, 5) is 8.39. The van der Waals surface area contributed by atoms with E-state index in [-0.39, 0.29) is 0 Å². The number of ether oxygens (including phenoxy) is 1. The first kappa shape index (κ1) is 11.4. The molecule has 0 spiro atoms. The normalized spacial score (nSPS) is 10.2. The number of nitrogen functional groups attached to an aromatic ring is 1. The molecule has 0 saturated heterocycles. The standard InChI is InChI=1S/C13H15N3O/c1-3-11-12(14)13(16-8-15-11)9-4-6-10(17-2)7-5-9/h4-8H,3,14H2,1-2H3. The van der Waals surface area contributed by atoms with Crippen LogP contribution in [0.15, 0.2) is 30.6 Å². The second-order valence-electron chi connectivity index (χ2n) is 3.66. The van der Waals surface area contributed by atoms with Crippen molar-refractivity contribution < 1.29 is 4.74 Å². The highest BCUT2D eigenvalue weighted by molar-refractivity contribution is 5.73. The van der Waals surface area contributed by atoms with Crippen molar-refractivity contribution in [3.63, 3.8) is 0 Å². The number of rotatable bonds is 3. The van der Waals surface area contributed by atoms with Crippen molar-refractivity contribution in [2.45, 2.75) is 13.3 Å². The van der Waals surface area contributed by atoms with Crippen LogP contribution in [0.3, 0.4) is 0 Å². The molecule has 0 atom stereocenters. The van der Waals surface area contributed by atoms with Crippen LogP contribution in [0.1, 0.15) is 12.6 Å². The summed E-state index contributed by atoms with van der Waals surface area (Å²) in [5.74, 6) is 0.817. The maximum atomic E-state index is 6.04. The number of aromatic nitrogens is 2. The molecule has 1 heterocycles. The minimum Gasteiger partial charge on any atom is -0.497 e. The number of nitrogens with zero attached hydrogens (tertiary/aromatic N) is 2. The molecule has 2 rings (SSSR count). The molecule has 0 aliphatic heterocycles. The first-order valence-electron chi connectivity index (χ1n) is 5.50. The lowest BCUT2D eigenvalue weighted by molar-refractivity contribution is 0.415. The molecule has 4 heteroatoms. The fourth-order valence-electron chi connectivity index (χ4n) is 1.69. The van der Waals surface area contributed by atoms with Gasteiger partial charge in [0.1, 0.15) is 12.1 Å². The molecule has 2 N–H and O–H groups in total. The molecule has 0 radical (unpaired) electrons. The summed E-state index contributed by atoms with van der Waals surface area (Å²) < 4.78 is 5.12. The number of hydrogen-bond acceptors (Lipinski definition) is 4. The van der Waals surface area contributed by atoms with Crippen LogP contribution in [0.4, 0.5) is 5.69 Å². The van der Waals surface area contributed by atoms with Crippen LogP contribution < -0.4 is 10.5 Å². The first-order chi connectivity index (χ1) is 8.26. The van der Waals surface area contributed by atoms with Gasteiger partial charge in [-0.1, -0.05) is 6.92 Å². The number of nitrogens with two attached hydrogens (primary N) is 1. The molecule has 1 aromatic heterocycles. The molecule has 4 nitrogen and oxygen atoms in total. The Hall–Kier alpha value is -2.10. The van der Waals surface area contributed by atoms with Crippen molar-refractivity contribution in [3.05, 3.63) is 36.3 Å². The van der Waals surface area contributed by atoms with Crippen LogP contribution >= 0.6 is 0 Å². The van der Waals surface area contributed by atoms with Gasteiger partial charge in [0.25, 0.3) is 0 Å². The second-order valence-corrected chi connectivity index (χ2v) is 3.66. The van der Waals surface area contributed by atoms with Gasteiger partial charge in [-0.25, -0.2) is 9.97 Å². The Morgan fingerprint density at radius 2 is 1.88 bits per heavy atom. The van der Waals surface area contributed by atoms with Crippen molar-refractivity contribution in [1.29, 1.82) is 0 Å². The largest absolute Gasteiger partial charge is 0.497 e. The summed E-state index contributed by atoms with van der Waals surface area (Å²) in [5, 5.41) is 0. The molecule has 1 aromatic carbocycles. The second kappa shape index (κ2) is 4.82. The fourth-order valence-corrected chi connectivity index (χ4v) is 1.69. The lowest BCUT2D eigenvalue weighted by Gasteiger charge is -2.08. The summed E-state index contributed by atoms with van der Waals surface area (Å²) in [6, 6.07) is 7.67. The Morgan fingerprint density at radius 1 is 1.18 bits per heavy atom. The van der Waals surface area contributed by atoms with E-state index in [9.17, 15) is 0 Å². The molecule has 2 aromatic rings. The molecule has 0 unspecified atom stereocenters. The third-order valence-corrected chi connectivity index (χ3v) is 2.66. The van der Waals surface area contributed by atoms with Gasteiger partial charge in [0.15, 0.2) is 0 Å². The van der Waals surface area contributed by atoms with Crippen LogP contribution in [0.25, 0.3) is 11.3 Å². The van der Waals surface area contributed by atoms with E-state index in [0.717, 1.165) is 29.1 Å². The molecule has 0 aliphatic carbocycles. The number of benzene rings is 1. The molecule has 0 saturated carbocycles. The Labute approximate surface area is 100 Å². The molecular formula is C13H15N3O. The summed E-state index contributed by atoms with van der Waals surface area (Å²) in [7, 11) is 1.64. The van der Waals surface area contributed by atoms with Crippen molar-refractivity contribution in [2.24, 2.45) is 0 Å². The predicted molar refractivity (Wildman–Crippen MR) is 67.8 cm³/mol.